The van der Waals surface area contributed by atoms with Gasteiger partial charge in [-0.1, -0.05) is 29.8 Å². The molecular formula is C15H10BrClN4OS. The molecule has 0 saturated heterocycles. The van der Waals surface area contributed by atoms with Crippen LogP contribution in [0.2, 0.25) is 5.02 Å². The maximum atomic E-state index is 12.0. The number of thiophene rings is 1. The third-order valence-electron chi connectivity index (χ3n) is 2.92. The van der Waals surface area contributed by atoms with E-state index < -0.39 is 5.91 Å². The third-order valence-corrected chi connectivity index (χ3v) is 4.93. The Labute approximate surface area is 149 Å². The highest BCUT2D eigenvalue weighted by Crippen LogP contribution is 2.30. The van der Waals surface area contributed by atoms with Crippen LogP contribution in [0.3, 0.4) is 0 Å². The van der Waals surface area contributed by atoms with Crippen molar-refractivity contribution in [3.63, 3.8) is 0 Å². The summed E-state index contributed by atoms with van der Waals surface area (Å²) in [5, 5.41) is 11.3. The maximum Gasteiger partial charge on any atom is 0.291 e. The highest BCUT2D eigenvalue weighted by molar-refractivity contribution is 9.11. The van der Waals surface area contributed by atoms with Crippen LogP contribution >= 0.6 is 38.9 Å². The molecule has 0 radical (unpaired) electrons. The molecule has 0 saturated carbocycles. The molecule has 3 aromatic rings. The van der Waals surface area contributed by atoms with Gasteiger partial charge in [0.15, 0.2) is 5.69 Å². The first-order valence-electron chi connectivity index (χ1n) is 6.52. The zero-order chi connectivity index (χ0) is 16.2. The summed E-state index contributed by atoms with van der Waals surface area (Å²) >= 11 is 11.0. The minimum Gasteiger partial charge on any atom is -0.276 e. The summed E-state index contributed by atoms with van der Waals surface area (Å²) in [5.74, 6) is -0.397. The predicted octanol–water partition coefficient (Wildman–Crippen LogP) is 4.32. The Balaban J connectivity index is 1.67. The van der Waals surface area contributed by atoms with Gasteiger partial charge in [0.1, 0.15) is 0 Å². The number of nitrogens with one attached hydrogen (secondary N) is 2. The van der Waals surface area contributed by atoms with Crippen molar-refractivity contribution in [3.05, 3.63) is 62.5 Å². The van der Waals surface area contributed by atoms with Gasteiger partial charge in [-0.05, 0) is 40.2 Å². The fourth-order valence-corrected chi connectivity index (χ4v) is 3.36. The summed E-state index contributed by atoms with van der Waals surface area (Å²) in [6.07, 6.45) is 1.49. The number of H-pyrrole nitrogens is 1. The van der Waals surface area contributed by atoms with Gasteiger partial charge in [0.05, 0.1) is 20.6 Å². The molecule has 2 aromatic heterocycles. The molecule has 0 fully saturated rings. The number of aromatic nitrogens is 2. The molecule has 0 aliphatic heterocycles. The lowest BCUT2D eigenvalue weighted by molar-refractivity contribution is 0.0950. The molecule has 0 unspecified atom stereocenters. The Hall–Kier alpha value is -1.96. The molecule has 1 aromatic carbocycles. The highest BCUT2D eigenvalue weighted by Gasteiger charge is 2.11. The van der Waals surface area contributed by atoms with Crippen LogP contribution in [-0.2, 0) is 0 Å². The van der Waals surface area contributed by atoms with E-state index in [1.807, 2.05) is 24.3 Å². The summed E-state index contributed by atoms with van der Waals surface area (Å²) in [7, 11) is 0. The van der Waals surface area contributed by atoms with Gasteiger partial charge < -0.3 is 0 Å². The first kappa shape index (κ1) is 15.9. The maximum absolute atomic E-state index is 12.0. The summed E-state index contributed by atoms with van der Waals surface area (Å²) in [5.41, 5.74) is 4.19. The van der Waals surface area contributed by atoms with Gasteiger partial charge in [-0.3, -0.25) is 9.89 Å². The van der Waals surface area contributed by atoms with Crippen LogP contribution in [0.4, 0.5) is 0 Å². The number of hydrogen-bond donors (Lipinski definition) is 2. The fourth-order valence-electron chi connectivity index (χ4n) is 1.82. The van der Waals surface area contributed by atoms with Gasteiger partial charge >= 0.3 is 0 Å². The first-order chi connectivity index (χ1) is 11.1. The SMILES string of the molecule is O=C(N/N=C/c1ccccc1Cl)c1cc(-c2ccc(Br)s2)[nH]n1. The summed E-state index contributed by atoms with van der Waals surface area (Å²) < 4.78 is 1.01. The average Bonchev–Trinajstić information content (AvgIpc) is 3.18. The Kier molecular flexibility index (Phi) is 4.90. The van der Waals surface area contributed by atoms with E-state index in [2.05, 4.69) is 36.7 Å². The van der Waals surface area contributed by atoms with Gasteiger partial charge in [0.25, 0.3) is 5.91 Å². The van der Waals surface area contributed by atoms with E-state index in [0.717, 1.165) is 19.9 Å². The molecule has 5 nitrogen and oxygen atoms in total. The van der Waals surface area contributed by atoms with Crippen LogP contribution in [0.15, 0.2) is 51.4 Å². The van der Waals surface area contributed by atoms with Crippen LogP contribution in [0.25, 0.3) is 10.6 Å². The van der Waals surface area contributed by atoms with Crippen molar-refractivity contribution in [1.29, 1.82) is 0 Å². The predicted molar refractivity (Wildman–Crippen MR) is 96.1 cm³/mol. The van der Waals surface area contributed by atoms with E-state index >= 15 is 0 Å². The molecule has 0 aliphatic rings. The smallest absolute Gasteiger partial charge is 0.276 e. The quantitative estimate of drug-likeness (QED) is 0.498. The van der Waals surface area contributed by atoms with Gasteiger partial charge in [0.2, 0.25) is 0 Å². The Bertz CT molecular complexity index is 874. The van der Waals surface area contributed by atoms with Gasteiger partial charge in [-0.15, -0.1) is 11.3 Å². The number of benzene rings is 1. The molecule has 0 bridgehead atoms. The van der Waals surface area contributed by atoms with Crippen molar-refractivity contribution in [1.82, 2.24) is 15.6 Å². The molecule has 2 N–H and O–H groups in total. The molecule has 0 atom stereocenters. The second-order valence-electron chi connectivity index (χ2n) is 4.49. The molecule has 0 aliphatic carbocycles. The lowest BCUT2D eigenvalue weighted by Crippen LogP contribution is -2.18. The summed E-state index contributed by atoms with van der Waals surface area (Å²) in [6.45, 7) is 0. The molecule has 1 amide bonds. The van der Waals surface area contributed by atoms with Crippen LogP contribution in [0, 0.1) is 0 Å². The minimum absolute atomic E-state index is 0.265. The van der Waals surface area contributed by atoms with Gasteiger partial charge in [-0.2, -0.15) is 10.2 Å². The van der Waals surface area contributed by atoms with Crippen LogP contribution in [-0.4, -0.2) is 22.3 Å². The lowest BCUT2D eigenvalue weighted by Gasteiger charge is -1.97. The van der Waals surface area contributed by atoms with E-state index in [4.69, 9.17) is 11.6 Å². The highest BCUT2D eigenvalue weighted by atomic mass is 79.9. The topological polar surface area (TPSA) is 70.1 Å². The van der Waals surface area contributed by atoms with Crippen molar-refractivity contribution in [2.45, 2.75) is 0 Å². The van der Waals surface area contributed by atoms with Crippen molar-refractivity contribution >= 4 is 51.0 Å². The molecule has 23 heavy (non-hydrogen) atoms. The van der Waals surface area contributed by atoms with Crippen LogP contribution in [0.5, 0.6) is 0 Å². The summed E-state index contributed by atoms with van der Waals surface area (Å²) in [4.78, 5) is 13.0. The fraction of sp³-hybridized carbons (Fsp3) is 0. The van der Waals surface area contributed by atoms with Gasteiger partial charge in [-0.25, -0.2) is 5.43 Å². The van der Waals surface area contributed by atoms with E-state index in [0.29, 0.717) is 5.02 Å². The van der Waals surface area contributed by atoms with Crippen molar-refractivity contribution < 1.29 is 4.79 Å². The molecule has 2 heterocycles. The molecule has 8 heteroatoms. The third kappa shape index (κ3) is 3.87. The molecule has 116 valence electrons. The second kappa shape index (κ2) is 7.08. The lowest BCUT2D eigenvalue weighted by atomic mass is 10.2. The number of rotatable bonds is 4. The standard InChI is InChI=1S/C15H10BrClN4OS/c16-14-6-5-13(23-14)11-7-12(20-19-11)15(22)21-18-8-9-3-1-2-4-10(9)17/h1-8H,(H,19,20)(H,21,22)/b18-8+. The number of carbonyl (C=O) groups excluding carboxylic acids is 1. The Morgan fingerprint density at radius 2 is 2.17 bits per heavy atom. The largest absolute Gasteiger partial charge is 0.291 e. The van der Waals surface area contributed by atoms with Gasteiger partial charge in [0, 0.05) is 10.6 Å². The number of carbonyl (C=O) groups is 1. The minimum atomic E-state index is -0.397. The Morgan fingerprint density at radius 1 is 1.35 bits per heavy atom. The first-order valence-corrected chi connectivity index (χ1v) is 8.51. The van der Waals surface area contributed by atoms with E-state index in [9.17, 15) is 4.79 Å². The average molecular weight is 410 g/mol. The monoisotopic (exact) mass is 408 g/mol. The van der Waals surface area contributed by atoms with Crippen molar-refractivity contribution in [3.8, 4) is 10.6 Å². The number of aromatic amines is 1. The molecule has 3 rings (SSSR count). The van der Waals surface area contributed by atoms with Crippen molar-refractivity contribution in [2.75, 3.05) is 0 Å². The zero-order valence-corrected chi connectivity index (χ0v) is 14.7. The molecular weight excluding hydrogens is 400 g/mol. The number of hydrazone groups is 1. The van der Waals surface area contributed by atoms with E-state index in [-0.39, 0.29) is 5.69 Å². The Morgan fingerprint density at radius 3 is 2.91 bits per heavy atom. The number of hydrogen-bond acceptors (Lipinski definition) is 4. The normalized spacial score (nSPS) is 11.0. The number of nitrogens with zero attached hydrogens (tertiary/aromatic N) is 2. The van der Waals surface area contributed by atoms with Crippen LogP contribution < -0.4 is 5.43 Å². The number of halogens is 2. The van der Waals surface area contributed by atoms with Crippen molar-refractivity contribution in [2.24, 2.45) is 5.10 Å². The summed E-state index contributed by atoms with van der Waals surface area (Å²) in [6, 6.07) is 12.8. The van der Waals surface area contributed by atoms with E-state index in [1.54, 1.807) is 29.5 Å². The van der Waals surface area contributed by atoms with Crippen LogP contribution in [0.1, 0.15) is 16.1 Å². The second-order valence-corrected chi connectivity index (χ2v) is 7.36. The van der Waals surface area contributed by atoms with E-state index in [1.165, 1.54) is 6.21 Å². The zero-order valence-electron chi connectivity index (χ0n) is 11.6. The molecule has 0 spiro atoms. The number of amides is 1.